The van der Waals surface area contributed by atoms with Gasteiger partial charge in [-0.2, -0.15) is 0 Å². The predicted molar refractivity (Wildman–Crippen MR) is 99.8 cm³/mol. The number of hydrogen-bond donors (Lipinski definition) is 1. The fraction of sp³-hybridized carbons (Fsp3) is 0.238. The van der Waals surface area contributed by atoms with E-state index in [-0.39, 0.29) is 17.9 Å². The van der Waals surface area contributed by atoms with Gasteiger partial charge in [-0.15, -0.1) is 0 Å². The topological polar surface area (TPSA) is 86.0 Å². The molecule has 3 aromatic rings. The predicted octanol–water partition coefficient (Wildman–Crippen LogP) is 3.71. The van der Waals surface area contributed by atoms with E-state index in [9.17, 15) is 19.1 Å². The van der Waals surface area contributed by atoms with Crippen LogP contribution in [-0.2, 0) is 22.6 Å². The Morgan fingerprint density at radius 1 is 1.18 bits per heavy atom. The van der Waals surface area contributed by atoms with Crippen LogP contribution in [0.15, 0.2) is 51.7 Å². The Morgan fingerprint density at radius 2 is 1.89 bits per heavy atom. The molecule has 0 bridgehead atoms. The van der Waals surface area contributed by atoms with Crippen molar-refractivity contribution in [3.05, 3.63) is 69.8 Å². The minimum Gasteiger partial charge on any atom is -0.508 e. The van der Waals surface area contributed by atoms with Crippen LogP contribution >= 0.6 is 0 Å². The van der Waals surface area contributed by atoms with Gasteiger partial charge in [-0.25, -0.2) is 14.0 Å². The number of carbonyl (C=O) groups is 1. The summed E-state index contributed by atoms with van der Waals surface area (Å²) in [5.74, 6) is -0.677. The molecule has 146 valence electrons. The third-order valence-corrected chi connectivity index (χ3v) is 4.24. The third-order valence-electron chi connectivity index (χ3n) is 4.24. The molecule has 1 atom stereocenters. The normalized spacial score (nSPS) is 12.0. The lowest BCUT2D eigenvalue weighted by Crippen LogP contribution is -2.26. The number of esters is 1. The van der Waals surface area contributed by atoms with E-state index in [1.54, 1.807) is 6.07 Å². The van der Waals surface area contributed by atoms with Gasteiger partial charge in [0.05, 0.1) is 0 Å². The van der Waals surface area contributed by atoms with Crippen LogP contribution in [0.4, 0.5) is 4.39 Å². The number of aromatic hydroxyl groups is 1. The molecule has 6 nitrogen and oxygen atoms in total. The molecular weight excluding hydrogens is 367 g/mol. The highest BCUT2D eigenvalue weighted by Crippen LogP contribution is 2.27. The van der Waals surface area contributed by atoms with Crippen molar-refractivity contribution < 1.29 is 28.2 Å². The summed E-state index contributed by atoms with van der Waals surface area (Å²) in [7, 11) is 0. The Bertz CT molecular complexity index is 1050. The van der Waals surface area contributed by atoms with Crippen molar-refractivity contribution in [3.63, 3.8) is 0 Å². The molecule has 7 heteroatoms. The van der Waals surface area contributed by atoms with E-state index < -0.39 is 23.5 Å². The molecule has 2 aromatic carbocycles. The Hall–Kier alpha value is -3.35. The SMILES string of the molecule is CCc1cc2c(COC(=O)[C@H](C)Oc3ccc(F)cc3)cc(=O)oc2cc1O. The lowest BCUT2D eigenvalue weighted by atomic mass is 10.0. The zero-order valence-electron chi connectivity index (χ0n) is 15.4. The molecule has 0 saturated heterocycles. The third kappa shape index (κ3) is 4.31. The smallest absolute Gasteiger partial charge is 0.347 e. The van der Waals surface area contributed by atoms with Crippen LogP contribution in [0.2, 0.25) is 0 Å². The molecule has 0 unspecified atom stereocenters. The fourth-order valence-corrected chi connectivity index (χ4v) is 2.74. The van der Waals surface area contributed by atoms with Crippen molar-refractivity contribution >= 4 is 16.9 Å². The van der Waals surface area contributed by atoms with E-state index in [1.807, 2.05) is 6.92 Å². The van der Waals surface area contributed by atoms with Gasteiger partial charge in [0.25, 0.3) is 0 Å². The summed E-state index contributed by atoms with van der Waals surface area (Å²) in [5, 5.41) is 10.5. The first-order chi connectivity index (χ1) is 13.4. The molecule has 0 aliphatic heterocycles. The fourth-order valence-electron chi connectivity index (χ4n) is 2.74. The van der Waals surface area contributed by atoms with Gasteiger partial charge in [0.2, 0.25) is 0 Å². The minimum absolute atomic E-state index is 0.0358. The molecule has 1 aromatic heterocycles. The number of benzene rings is 2. The van der Waals surface area contributed by atoms with E-state index in [4.69, 9.17) is 13.9 Å². The van der Waals surface area contributed by atoms with Gasteiger partial charge in [0.15, 0.2) is 6.10 Å². The summed E-state index contributed by atoms with van der Waals surface area (Å²) in [6.07, 6.45) is -0.338. The highest BCUT2D eigenvalue weighted by atomic mass is 19.1. The van der Waals surface area contributed by atoms with E-state index in [1.165, 1.54) is 43.3 Å². The van der Waals surface area contributed by atoms with Gasteiger partial charge in [0.1, 0.15) is 29.5 Å². The Balaban J connectivity index is 1.76. The first-order valence-corrected chi connectivity index (χ1v) is 8.75. The number of carbonyl (C=O) groups excluding carboxylic acids is 1. The number of ether oxygens (including phenoxy) is 2. The van der Waals surface area contributed by atoms with Crippen molar-refractivity contribution in [1.82, 2.24) is 0 Å². The summed E-state index contributed by atoms with van der Waals surface area (Å²) in [6, 6.07) is 9.60. The summed E-state index contributed by atoms with van der Waals surface area (Å²) >= 11 is 0. The van der Waals surface area contributed by atoms with E-state index in [2.05, 4.69) is 0 Å². The second kappa shape index (κ2) is 8.12. The van der Waals surface area contributed by atoms with Crippen LogP contribution in [-0.4, -0.2) is 17.2 Å². The van der Waals surface area contributed by atoms with Crippen LogP contribution in [0.3, 0.4) is 0 Å². The standard InChI is InChI=1S/C21H19FO6/c1-3-13-8-17-14(9-20(24)28-19(17)10-18(13)23)11-26-21(25)12(2)27-16-6-4-15(22)5-7-16/h4-10,12,23H,3,11H2,1-2H3/t12-/m0/s1. The van der Waals surface area contributed by atoms with Gasteiger partial charge in [-0.1, -0.05) is 6.92 Å². The van der Waals surface area contributed by atoms with Crippen LogP contribution < -0.4 is 10.4 Å². The number of hydrogen-bond acceptors (Lipinski definition) is 6. The van der Waals surface area contributed by atoms with Gasteiger partial charge < -0.3 is 19.0 Å². The van der Waals surface area contributed by atoms with Crippen LogP contribution in [0.25, 0.3) is 11.0 Å². The monoisotopic (exact) mass is 386 g/mol. The maximum absolute atomic E-state index is 12.9. The molecule has 0 spiro atoms. The summed E-state index contributed by atoms with van der Waals surface area (Å²) in [6.45, 7) is 3.23. The first-order valence-electron chi connectivity index (χ1n) is 8.75. The largest absolute Gasteiger partial charge is 0.508 e. The molecule has 28 heavy (non-hydrogen) atoms. The maximum atomic E-state index is 12.9. The van der Waals surface area contributed by atoms with Gasteiger partial charge >= 0.3 is 11.6 Å². The van der Waals surface area contributed by atoms with Crippen molar-refractivity contribution in [3.8, 4) is 11.5 Å². The summed E-state index contributed by atoms with van der Waals surface area (Å²) < 4.78 is 28.7. The van der Waals surface area contributed by atoms with Gasteiger partial charge in [-0.05, 0) is 49.2 Å². The number of rotatable bonds is 6. The van der Waals surface area contributed by atoms with Crippen LogP contribution in [0, 0.1) is 5.82 Å². The number of phenols is 1. The molecule has 3 rings (SSSR count). The summed E-state index contributed by atoms with van der Waals surface area (Å²) in [4.78, 5) is 24.0. The maximum Gasteiger partial charge on any atom is 0.347 e. The van der Waals surface area contributed by atoms with Gasteiger partial charge in [-0.3, -0.25) is 0 Å². The molecule has 0 aliphatic rings. The number of phenolic OH excluding ortho intramolecular Hbond substituents is 1. The van der Waals surface area contributed by atoms with Crippen LogP contribution in [0.1, 0.15) is 25.0 Å². The molecule has 1 N–H and O–H groups in total. The molecular formula is C21H19FO6. The number of aryl methyl sites for hydroxylation is 1. The van der Waals surface area contributed by atoms with Crippen molar-refractivity contribution in [2.24, 2.45) is 0 Å². The second-order valence-corrected chi connectivity index (χ2v) is 6.24. The highest BCUT2D eigenvalue weighted by Gasteiger charge is 2.18. The average molecular weight is 386 g/mol. The molecule has 0 fully saturated rings. The number of fused-ring (bicyclic) bond motifs is 1. The van der Waals surface area contributed by atoms with E-state index >= 15 is 0 Å². The number of halogens is 1. The lowest BCUT2D eigenvalue weighted by Gasteiger charge is -2.14. The molecule has 0 saturated carbocycles. The zero-order valence-corrected chi connectivity index (χ0v) is 15.4. The molecule has 0 aliphatic carbocycles. The Labute approximate surface area is 160 Å². The van der Waals surface area contributed by atoms with Crippen LogP contribution in [0.5, 0.6) is 11.5 Å². The average Bonchev–Trinajstić information content (AvgIpc) is 2.66. The van der Waals surface area contributed by atoms with E-state index in [0.717, 1.165) is 0 Å². The molecule has 1 heterocycles. The Morgan fingerprint density at radius 3 is 2.57 bits per heavy atom. The Kier molecular flexibility index (Phi) is 5.63. The molecule has 0 amide bonds. The first kappa shape index (κ1) is 19.4. The minimum atomic E-state index is -0.924. The van der Waals surface area contributed by atoms with Crippen molar-refractivity contribution in [1.29, 1.82) is 0 Å². The zero-order chi connectivity index (χ0) is 20.3. The molecule has 0 radical (unpaired) electrons. The lowest BCUT2D eigenvalue weighted by molar-refractivity contribution is -0.152. The van der Waals surface area contributed by atoms with Crippen molar-refractivity contribution in [2.75, 3.05) is 0 Å². The van der Waals surface area contributed by atoms with Gasteiger partial charge in [0, 0.05) is 23.1 Å². The second-order valence-electron chi connectivity index (χ2n) is 6.24. The quantitative estimate of drug-likeness (QED) is 0.513. The summed E-state index contributed by atoms with van der Waals surface area (Å²) in [5.41, 5.74) is 0.742. The van der Waals surface area contributed by atoms with E-state index in [0.29, 0.717) is 28.7 Å². The highest BCUT2D eigenvalue weighted by molar-refractivity contribution is 5.83. The van der Waals surface area contributed by atoms with Crippen molar-refractivity contribution in [2.45, 2.75) is 33.0 Å².